The molecule has 3 aromatic rings. The van der Waals surface area contributed by atoms with Crippen LogP contribution in [0.5, 0.6) is 0 Å². The van der Waals surface area contributed by atoms with Gasteiger partial charge in [-0.15, -0.1) is 0 Å². The topological polar surface area (TPSA) is 107 Å². The Kier molecular flexibility index (Phi) is 5.66. The predicted octanol–water partition coefficient (Wildman–Crippen LogP) is 4.32. The van der Waals surface area contributed by atoms with E-state index in [2.05, 4.69) is 15.9 Å². The number of anilines is 1. The van der Waals surface area contributed by atoms with Crippen molar-refractivity contribution in [1.29, 1.82) is 0 Å². The fourth-order valence-corrected chi connectivity index (χ4v) is 5.95. The normalized spacial score (nSPS) is 23.2. The molecule has 0 N–H and O–H groups in total. The quantitative estimate of drug-likeness (QED) is 0.260. The summed E-state index contributed by atoms with van der Waals surface area (Å²) in [5, 5.41) is 0. The number of hydrogen-bond acceptors (Lipinski definition) is 7. The van der Waals surface area contributed by atoms with Crippen molar-refractivity contribution in [2.45, 2.75) is 18.6 Å². The van der Waals surface area contributed by atoms with Crippen LogP contribution in [-0.4, -0.2) is 41.6 Å². The molecule has 38 heavy (non-hydrogen) atoms. The zero-order valence-electron chi connectivity index (χ0n) is 20.1. The summed E-state index contributed by atoms with van der Waals surface area (Å²) in [7, 11) is 0. The van der Waals surface area contributed by atoms with Gasteiger partial charge in [-0.25, -0.2) is 9.69 Å². The van der Waals surface area contributed by atoms with E-state index < -0.39 is 52.9 Å². The van der Waals surface area contributed by atoms with Gasteiger partial charge in [-0.2, -0.15) is 0 Å². The van der Waals surface area contributed by atoms with E-state index in [9.17, 15) is 24.0 Å². The Balaban J connectivity index is 1.46. The van der Waals surface area contributed by atoms with Gasteiger partial charge in [0.25, 0.3) is 0 Å². The number of benzene rings is 3. The van der Waals surface area contributed by atoms with E-state index in [-0.39, 0.29) is 29.0 Å². The maximum Gasteiger partial charge on any atom is 0.338 e. The molecule has 0 radical (unpaired) electrons. The van der Waals surface area contributed by atoms with Crippen LogP contribution < -0.4 is 4.90 Å². The van der Waals surface area contributed by atoms with Crippen LogP contribution in [0.3, 0.4) is 0 Å². The molecule has 190 valence electrons. The van der Waals surface area contributed by atoms with Gasteiger partial charge in [0.1, 0.15) is 0 Å². The lowest BCUT2D eigenvalue weighted by molar-refractivity contribution is -0.127. The summed E-state index contributed by atoms with van der Waals surface area (Å²) in [5.41, 5.74) is -0.743. The minimum absolute atomic E-state index is 0.171. The number of fused-ring (bicyclic) bond motifs is 3. The summed E-state index contributed by atoms with van der Waals surface area (Å²) < 4.78 is 12.1. The standard InChI is InChI=1S/C29H20BrNO7/c1-2-37-28(36)16-9-13-18(14-10-16)31-26(34)21-22(27(31)35)29(38-23(21)15-7-11-17(30)12-8-15)24(32)19-5-3-4-6-20(19)25(29)33/h3-14,21-23H,2H2,1H3. The maximum atomic E-state index is 14.0. The van der Waals surface area contributed by atoms with Crippen molar-refractivity contribution in [2.24, 2.45) is 11.8 Å². The van der Waals surface area contributed by atoms with Crippen molar-refractivity contribution in [3.8, 4) is 0 Å². The Labute approximate surface area is 225 Å². The number of carbonyl (C=O) groups is 5. The molecule has 3 atom stereocenters. The first-order chi connectivity index (χ1) is 18.3. The third-order valence-electron chi connectivity index (χ3n) is 7.35. The van der Waals surface area contributed by atoms with Crippen LogP contribution in [0, 0.1) is 11.8 Å². The van der Waals surface area contributed by atoms with Gasteiger partial charge in [-0.1, -0.05) is 52.3 Å². The van der Waals surface area contributed by atoms with Crippen molar-refractivity contribution in [2.75, 3.05) is 11.5 Å². The summed E-state index contributed by atoms with van der Waals surface area (Å²) in [6.07, 6.45) is -1.00. The monoisotopic (exact) mass is 573 g/mol. The SMILES string of the molecule is CCOC(=O)c1ccc(N2C(=O)C3C(c4ccc(Br)cc4)OC4(C(=O)c5ccccc5C4=O)C3C2=O)cc1. The van der Waals surface area contributed by atoms with Gasteiger partial charge in [-0.05, 0) is 48.9 Å². The molecule has 8 nitrogen and oxygen atoms in total. The summed E-state index contributed by atoms with van der Waals surface area (Å²) in [5.74, 6) is -5.49. The second-order valence-corrected chi connectivity index (χ2v) is 10.2. The van der Waals surface area contributed by atoms with Gasteiger partial charge in [0.2, 0.25) is 29.0 Å². The Hall–Kier alpha value is -3.95. The second kappa shape index (κ2) is 8.82. The molecule has 3 unspecified atom stereocenters. The minimum Gasteiger partial charge on any atom is -0.462 e. The van der Waals surface area contributed by atoms with Crippen LogP contribution in [0.15, 0.2) is 77.3 Å². The van der Waals surface area contributed by atoms with Gasteiger partial charge >= 0.3 is 5.97 Å². The Bertz CT molecular complexity index is 1490. The molecule has 9 heteroatoms. The van der Waals surface area contributed by atoms with E-state index in [1.807, 2.05) is 0 Å². The molecular weight excluding hydrogens is 554 g/mol. The summed E-state index contributed by atoms with van der Waals surface area (Å²) in [4.78, 5) is 68.5. The van der Waals surface area contributed by atoms with E-state index in [4.69, 9.17) is 9.47 Å². The van der Waals surface area contributed by atoms with E-state index in [1.54, 1.807) is 43.3 Å². The van der Waals surface area contributed by atoms with Gasteiger partial charge < -0.3 is 9.47 Å². The highest BCUT2D eigenvalue weighted by Crippen LogP contribution is 2.57. The number of ketones is 2. The number of ether oxygens (including phenoxy) is 2. The maximum absolute atomic E-state index is 14.0. The Morgan fingerprint density at radius 3 is 2.08 bits per heavy atom. The van der Waals surface area contributed by atoms with Crippen molar-refractivity contribution < 1.29 is 33.4 Å². The number of hydrogen-bond donors (Lipinski definition) is 0. The first kappa shape index (κ1) is 24.4. The minimum atomic E-state index is -2.14. The van der Waals surface area contributed by atoms with Gasteiger partial charge in [0, 0.05) is 15.6 Å². The third-order valence-corrected chi connectivity index (χ3v) is 7.88. The largest absolute Gasteiger partial charge is 0.462 e. The predicted molar refractivity (Wildman–Crippen MR) is 138 cm³/mol. The lowest BCUT2D eigenvalue weighted by Crippen LogP contribution is -2.51. The molecule has 2 aliphatic heterocycles. The molecule has 0 saturated carbocycles. The number of nitrogens with zero attached hydrogens (tertiary/aromatic N) is 1. The number of imide groups is 1. The van der Waals surface area contributed by atoms with Crippen LogP contribution >= 0.6 is 15.9 Å². The van der Waals surface area contributed by atoms with Crippen molar-refractivity contribution in [3.63, 3.8) is 0 Å². The highest BCUT2D eigenvalue weighted by Gasteiger charge is 2.74. The highest BCUT2D eigenvalue weighted by atomic mass is 79.9. The molecule has 2 fully saturated rings. The van der Waals surface area contributed by atoms with Gasteiger partial charge in [-0.3, -0.25) is 19.2 Å². The molecule has 1 aliphatic carbocycles. The van der Waals surface area contributed by atoms with Crippen molar-refractivity contribution >= 4 is 51.0 Å². The van der Waals surface area contributed by atoms with E-state index in [1.165, 1.54) is 36.4 Å². The van der Waals surface area contributed by atoms with E-state index in [0.717, 1.165) is 9.37 Å². The van der Waals surface area contributed by atoms with Crippen LogP contribution in [0.2, 0.25) is 0 Å². The smallest absolute Gasteiger partial charge is 0.338 e. The second-order valence-electron chi connectivity index (χ2n) is 9.31. The Morgan fingerprint density at radius 2 is 1.50 bits per heavy atom. The molecule has 0 aromatic heterocycles. The third kappa shape index (κ3) is 3.28. The number of carbonyl (C=O) groups excluding carboxylic acids is 5. The lowest BCUT2D eigenvalue weighted by atomic mass is 9.77. The molecule has 6 rings (SSSR count). The highest BCUT2D eigenvalue weighted by molar-refractivity contribution is 9.10. The number of rotatable bonds is 4. The molecule has 2 amide bonds. The molecule has 2 heterocycles. The number of halogens is 1. The average Bonchev–Trinajstić information content (AvgIpc) is 3.49. The van der Waals surface area contributed by atoms with Gasteiger partial charge in [0.05, 0.1) is 35.8 Å². The first-order valence-corrected chi connectivity index (χ1v) is 12.9. The average molecular weight is 574 g/mol. The van der Waals surface area contributed by atoms with Crippen LogP contribution in [0.4, 0.5) is 5.69 Å². The fraction of sp³-hybridized carbons (Fsp3) is 0.207. The van der Waals surface area contributed by atoms with Crippen LogP contribution in [0.25, 0.3) is 0 Å². The molecule has 3 aromatic carbocycles. The van der Waals surface area contributed by atoms with Crippen molar-refractivity contribution in [3.05, 3.63) is 99.5 Å². The van der Waals surface area contributed by atoms with Gasteiger partial charge in [0.15, 0.2) is 0 Å². The molecule has 1 spiro atoms. The molecular formula is C29H20BrNO7. The molecule has 2 saturated heterocycles. The first-order valence-electron chi connectivity index (χ1n) is 12.1. The number of esters is 1. The van der Waals surface area contributed by atoms with E-state index in [0.29, 0.717) is 5.56 Å². The number of Topliss-reactive ketones (excluding diaryl/α,β-unsaturated/α-hetero) is 2. The lowest BCUT2D eigenvalue weighted by Gasteiger charge is -2.27. The fourth-order valence-electron chi connectivity index (χ4n) is 5.69. The summed E-state index contributed by atoms with van der Waals surface area (Å²) in [6, 6.07) is 19.2. The summed E-state index contributed by atoms with van der Waals surface area (Å²) in [6.45, 7) is 1.90. The van der Waals surface area contributed by atoms with Crippen LogP contribution in [-0.2, 0) is 19.1 Å². The number of amides is 2. The van der Waals surface area contributed by atoms with Crippen molar-refractivity contribution in [1.82, 2.24) is 0 Å². The molecule has 3 aliphatic rings. The zero-order valence-corrected chi connectivity index (χ0v) is 21.6. The van der Waals surface area contributed by atoms with E-state index >= 15 is 0 Å². The Morgan fingerprint density at radius 1 is 0.895 bits per heavy atom. The zero-order chi connectivity index (χ0) is 26.8. The van der Waals surface area contributed by atoms with Crippen LogP contribution in [0.1, 0.15) is 49.7 Å². The summed E-state index contributed by atoms with van der Waals surface area (Å²) >= 11 is 3.38. The molecule has 0 bridgehead atoms.